The highest BCUT2D eigenvalue weighted by Crippen LogP contribution is 2.40. The van der Waals surface area contributed by atoms with Gasteiger partial charge < -0.3 is 9.67 Å². The average molecular weight is 474 g/mol. The summed E-state index contributed by atoms with van der Waals surface area (Å²) in [4.78, 5) is 39.2. The molecule has 7 heteroatoms. The molecule has 0 aliphatic heterocycles. The van der Waals surface area contributed by atoms with Crippen molar-refractivity contribution in [2.24, 2.45) is 12.5 Å². The lowest BCUT2D eigenvalue weighted by atomic mass is 9.71. The number of para-hydroxylation sites is 1. The van der Waals surface area contributed by atoms with Crippen molar-refractivity contribution in [3.05, 3.63) is 80.6 Å². The summed E-state index contributed by atoms with van der Waals surface area (Å²) in [6.07, 6.45) is 6.31. The van der Waals surface area contributed by atoms with Crippen molar-refractivity contribution >= 4 is 27.8 Å². The van der Waals surface area contributed by atoms with E-state index in [1.165, 1.54) is 4.57 Å². The van der Waals surface area contributed by atoms with Crippen LogP contribution in [-0.4, -0.2) is 24.8 Å². The van der Waals surface area contributed by atoms with Gasteiger partial charge in [0, 0.05) is 30.7 Å². The molecule has 1 aliphatic carbocycles. The minimum absolute atomic E-state index is 0.0335. The molecule has 1 saturated carbocycles. The molecule has 35 heavy (non-hydrogen) atoms. The molecule has 182 valence electrons. The number of aliphatic carboxylic acids is 1. The Hall–Kier alpha value is -3.61. The van der Waals surface area contributed by atoms with Crippen molar-refractivity contribution in [3.8, 4) is 0 Å². The minimum Gasteiger partial charge on any atom is -0.481 e. The summed E-state index contributed by atoms with van der Waals surface area (Å²) in [6.45, 7) is 2.52. The molecule has 0 amide bonds. The third-order valence-electron chi connectivity index (χ3n) is 7.70. The van der Waals surface area contributed by atoms with Gasteiger partial charge in [-0.15, -0.1) is 0 Å². The summed E-state index contributed by atoms with van der Waals surface area (Å²) in [7, 11) is 1.99. The number of carbonyl (C=O) groups is 1. The molecule has 1 N–H and O–H groups in total. The molecule has 2 aromatic heterocycles. The van der Waals surface area contributed by atoms with E-state index >= 15 is 0 Å². The van der Waals surface area contributed by atoms with Crippen LogP contribution in [0.25, 0.3) is 21.8 Å². The van der Waals surface area contributed by atoms with Crippen LogP contribution < -0.4 is 11.2 Å². The fourth-order valence-electron chi connectivity index (χ4n) is 6.03. The fraction of sp³-hybridized carbons (Fsp3) is 0.393. The Balaban J connectivity index is 1.69. The Labute approximate surface area is 203 Å². The number of aromatic nitrogens is 3. The van der Waals surface area contributed by atoms with Crippen molar-refractivity contribution in [3.63, 3.8) is 0 Å². The molecule has 4 aromatic rings. The third-order valence-corrected chi connectivity index (χ3v) is 7.70. The molecule has 0 atom stereocenters. The molecule has 0 bridgehead atoms. The van der Waals surface area contributed by atoms with Crippen LogP contribution in [0, 0.1) is 12.3 Å². The Kier molecular flexibility index (Phi) is 5.87. The monoisotopic (exact) mass is 473 g/mol. The van der Waals surface area contributed by atoms with Crippen LogP contribution in [0.1, 0.15) is 49.7 Å². The van der Waals surface area contributed by atoms with Gasteiger partial charge in [0.15, 0.2) is 0 Å². The van der Waals surface area contributed by atoms with Crippen LogP contribution in [0.3, 0.4) is 0 Å². The van der Waals surface area contributed by atoms with Gasteiger partial charge in [0.2, 0.25) is 0 Å². The van der Waals surface area contributed by atoms with E-state index in [2.05, 4.69) is 23.6 Å². The second-order valence-electron chi connectivity index (χ2n) is 10.1. The van der Waals surface area contributed by atoms with Gasteiger partial charge >= 0.3 is 11.7 Å². The summed E-state index contributed by atoms with van der Waals surface area (Å²) >= 11 is 0. The van der Waals surface area contributed by atoms with Crippen LogP contribution in [0.4, 0.5) is 0 Å². The number of hydrogen-bond donors (Lipinski definition) is 1. The number of rotatable bonds is 6. The SMILES string of the molecule is Cc1cccc2c1c(Cn1c(=O)n(CC3(CC(=O)O)CCCCC3)c(=O)c3ccccc31)cn2C. The normalized spacial score (nSPS) is 15.6. The van der Waals surface area contributed by atoms with Crippen molar-refractivity contribution in [2.45, 2.75) is 58.5 Å². The third kappa shape index (κ3) is 4.09. The molecule has 5 rings (SSSR count). The quantitative estimate of drug-likeness (QED) is 0.449. The lowest BCUT2D eigenvalue weighted by Crippen LogP contribution is -2.45. The number of aryl methyl sites for hydroxylation is 2. The van der Waals surface area contributed by atoms with Crippen LogP contribution in [0.15, 0.2) is 58.3 Å². The van der Waals surface area contributed by atoms with Crippen LogP contribution in [0.2, 0.25) is 0 Å². The highest BCUT2D eigenvalue weighted by molar-refractivity contribution is 5.87. The number of nitrogens with zero attached hydrogens (tertiary/aromatic N) is 3. The molecule has 0 unspecified atom stereocenters. The second kappa shape index (κ2) is 8.87. The summed E-state index contributed by atoms with van der Waals surface area (Å²) in [5.74, 6) is -0.882. The van der Waals surface area contributed by atoms with E-state index in [4.69, 9.17) is 0 Å². The molecule has 1 fully saturated rings. The topological polar surface area (TPSA) is 86.2 Å². The summed E-state index contributed by atoms with van der Waals surface area (Å²) in [5.41, 5.74) is 2.53. The van der Waals surface area contributed by atoms with E-state index in [9.17, 15) is 19.5 Å². The van der Waals surface area contributed by atoms with E-state index in [1.807, 2.05) is 31.4 Å². The maximum Gasteiger partial charge on any atom is 0.331 e. The van der Waals surface area contributed by atoms with E-state index in [1.54, 1.807) is 16.7 Å². The van der Waals surface area contributed by atoms with E-state index < -0.39 is 11.4 Å². The van der Waals surface area contributed by atoms with E-state index in [0.29, 0.717) is 30.3 Å². The first-order valence-corrected chi connectivity index (χ1v) is 12.3. The number of fused-ring (bicyclic) bond motifs is 2. The first kappa shape index (κ1) is 23.1. The van der Waals surface area contributed by atoms with Crippen molar-refractivity contribution in [2.75, 3.05) is 0 Å². The van der Waals surface area contributed by atoms with Gasteiger partial charge in [-0.3, -0.25) is 18.7 Å². The lowest BCUT2D eigenvalue weighted by Gasteiger charge is -2.36. The maximum atomic E-state index is 13.9. The highest BCUT2D eigenvalue weighted by atomic mass is 16.4. The Bertz CT molecular complexity index is 1550. The highest BCUT2D eigenvalue weighted by Gasteiger charge is 2.36. The fourth-order valence-corrected chi connectivity index (χ4v) is 6.03. The zero-order chi connectivity index (χ0) is 24.7. The molecule has 0 spiro atoms. The van der Waals surface area contributed by atoms with Gasteiger partial charge in [-0.1, -0.05) is 43.5 Å². The molecular formula is C28H31N3O4. The van der Waals surface area contributed by atoms with E-state index in [0.717, 1.165) is 41.3 Å². The number of carboxylic acid groups (broad SMARTS) is 1. The van der Waals surface area contributed by atoms with Gasteiger partial charge in [-0.2, -0.15) is 0 Å². The van der Waals surface area contributed by atoms with Gasteiger partial charge in [-0.25, -0.2) is 4.79 Å². The standard InChI is InChI=1S/C28H31N3O4/c1-19-9-8-12-23-25(19)20(16-29(23)2)17-30-22-11-5-4-10-21(22)26(34)31(27(30)35)18-28(15-24(32)33)13-6-3-7-14-28/h4-5,8-12,16H,3,6-7,13-15,17-18H2,1-2H3,(H,32,33). The molecule has 1 aliphatic rings. The van der Waals surface area contributed by atoms with Crippen LogP contribution >= 0.6 is 0 Å². The number of carboxylic acids is 1. The Morgan fingerprint density at radius 1 is 0.971 bits per heavy atom. The first-order valence-electron chi connectivity index (χ1n) is 12.3. The minimum atomic E-state index is -0.882. The van der Waals surface area contributed by atoms with Crippen molar-refractivity contribution < 1.29 is 9.90 Å². The lowest BCUT2D eigenvalue weighted by molar-refractivity contribution is -0.140. The summed E-state index contributed by atoms with van der Waals surface area (Å²) < 4.78 is 5.04. The first-order chi connectivity index (χ1) is 16.8. The van der Waals surface area contributed by atoms with Crippen molar-refractivity contribution in [1.82, 2.24) is 13.7 Å². The molecule has 0 radical (unpaired) electrons. The molecule has 2 aromatic carbocycles. The smallest absolute Gasteiger partial charge is 0.331 e. The zero-order valence-electron chi connectivity index (χ0n) is 20.3. The predicted molar refractivity (Wildman–Crippen MR) is 137 cm³/mol. The average Bonchev–Trinajstić information content (AvgIpc) is 3.16. The molecule has 2 heterocycles. The van der Waals surface area contributed by atoms with E-state index in [-0.39, 0.29) is 24.2 Å². The zero-order valence-corrected chi connectivity index (χ0v) is 20.3. The molecular weight excluding hydrogens is 442 g/mol. The van der Waals surface area contributed by atoms with Crippen molar-refractivity contribution in [1.29, 1.82) is 0 Å². The number of benzene rings is 2. The van der Waals surface area contributed by atoms with Crippen LogP contribution in [-0.2, 0) is 24.9 Å². The predicted octanol–water partition coefficient (Wildman–Crippen LogP) is 4.44. The van der Waals surface area contributed by atoms with Crippen LogP contribution in [0.5, 0.6) is 0 Å². The summed E-state index contributed by atoms with van der Waals surface area (Å²) in [5, 5.41) is 11.2. The second-order valence-corrected chi connectivity index (χ2v) is 10.1. The molecule has 7 nitrogen and oxygen atoms in total. The van der Waals surface area contributed by atoms with Gasteiger partial charge in [0.1, 0.15) is 0 Å². The maximum absolute atomic E-state index is 13.9. The molecule has 0 saturated heterocycles. The summed E-state index contributed by atoms with van der Waals surface area (Å²) in [6, 6.07) is 13.4. The Morgan fingerprint density at radius 2 is 1.69 bits per heavy atom. The Morgan fingerprint density at radius 3 is 2.43 bits per heavy atom. The van der Waals surface area contributed by atoms with Gasteiger partial charge in [0.25, 0.3) is 5.56 Å². The van der Waals surface area contributed by atoms with Gasteiger partial charge in [0.05, 0.1) is 23.9 Å². The largest absolute Gasteiger partial charge is 0.481 e. The number of hydrogen-bond acceptors (Lipinski definition) is 3. The van der Waals surface area contributed by atoms with Gasteiger partial charge in [-0.05, 0) is 54.5 Å².